The lowest BCUT2D eigenvalue weighted by Gasteiger charge is -2.23. The minimum atomic E-state index is 1.02. The van der Waals surface area contributed by atoms with Crippen LogP contribution in [0.5, 0.6) is 0 Å². The van der Waals surface area contributed by atoms with Crippen molar-refractivity contribution in [1.29, 1.82) is 0 Å². The molecule has 41 heavy (non-hydrogen) atoms. The van der Waals surface area contributed by atoms with Gasteiger partial charge in [-0.1, -0.05) is 72.8 Å². The summed E-state index contributed by atoms with van der Waals surface area (Å²) in [5.41, 5.74) is 27.6. The molecular formula is C40H22S. The molecular weight excluding hydrogens is 513 g/mol. The standard InChI is InChI=1S/C40H22S/c1-2-7-31-26(4-1)27-5-3-6-28(40(27)41-31)29-18-25-16-23-11-10-21-14-19-8-9-20-15-22-12-13-24-17-30(29)39-37(24)35(22)33(20)32(19)34(21)36(23)38(25)39/h1-13,18H,14-17H2. The molecule has 0 unspecified atom stereocenters. The average Bonchev–Trinajstić information content (AvgIpc) is 3.78. The Balaban J connectivity index is 1.28. The molecule has 0 atom stereocenters. The molecule has 5 aliphatic rings. The number of rotatable bonds is 1. The Kier molecular flexibility index (Phi) is 3.26. The third-order valence-corrected chi connectivity index (χ3v) is 12.1. The van der Waals surface area contributed by atoms with Gasteiger partial charge in [-0.25, -0.2) is 0 Å². The molecule has 0 nitrogen and oxygen atoms in total. The van der Waals surface area contributed by atoms with Crippen molar-refractivity contribution in [2.45, 2.75) is 25.7 Å². The van der Waals surface area contributed by atoms with Gasteiger partial charge >= 0.3 is 0 Å². The lowest BCUT2D eigenvalue weighted by molar-refractivity contribution is 1.21. The second-order valence-electron chi connectivity index (χ2n) is 12.7. The van der Waals surface area contributed by atoms with Crippen LogP contribution in [0.1, 0.15) is 44.5 Å². The van der Waals surface area contributed by atoms with E-state index in [1.165, 1.54) is 70.2 Å². The lowest BCUT2D eigenvalue weighted by atomic mass is 9.80. The molecule has 5 aliphatic carbocycles. The predicted molar refractivity (Wildman–Crippen MR) is 171 cm³/mol. The van der Waals surface area contributed by atoms with Crippen molar-refractivity contribution >= 4 is 31.5 Å². The first-order chi connectivity index (χ1) is 20.3. The fourth-order valence-corrected chi connectivity index (χ4v) is 10.6. The van der Waals surface area contributed by atoms with Crippen LogP contribution in [-0.4, -0.2) is 0 Å². The molecule has 0 aliphatic heterocycles. The van der Waals surface area contributed by atoms with Crippen LogP contribution in [0.3, 0.4) is 0 Å². The molecule has 0 N–H and O–H groups in total. The average molecular weight is 535 g/mol. The molecule has 0 bridgehead atoms. The van der Waals surface area contributed by atoms with Crippen LogP contribution in [0, 0.1) is 0 Å². The van der Waals surface area contributed by atoms with E-state index in [1.807, 2.05) is 11.3 Å². The summed E-state index contributed by atoms with van der Waals surface area (Å²) in [5, 5.41) is 2.77. The normalized spacial score (nSPS) is 14.9. The Hall–Kier alpha value is -4.46. The van der Waals surface area contributed by atoms with Crippen molar-refractivity contribution in [1.82, 2.24) is 0 Å². The molecule has 12 rings (SSSR count). The number of hydrogen-bond donors (Lipinski definition) is 0. The van der Waals surface area contributed by atoms with Crippen LogP contribution in [-0.2, 0) is 25.7 Å². The second kappa shape index (κ2) is 6.54. The highest BCUT2D eigenvalue weighted by atomic mass is 32.1. The van der Waals surface area contributed by atoms with E-state index >= 15 is 0 Å². The van der Waals surface area contributed by atoms with E-state index in [1.54, 1.807) is 50.1 Å². The molecule has 0 spiro atoms. The molecule has 7 aromatic rings. The van der Waals surface area contributed by atoms with Gasteiger partial charge in [0, 0.05) is 20.2 Å². The first-order valence-electron chi connectivity index (χ1n) is 14.9. The van der Waals surface area contributed by atoms with E-state index in [0.717, 1.165) is 25.7 Å². The highest BCUT2D eigenvalue weighted by Crippen LogP contribution is 2.64. The van der Waals surface area contributed by atoms with Gasteiger partial charge in [-0.3, -0.25) is 0 Å². The molecule has 0 amide bonds. The molecule has 0 radical (unpaired) electrons. The van der Waals surface area contributed by atoms with Gasteiger partial charge in [0.2, 0.25) is 0 Å². The van der Waals surface area contributed by atoms with E-state index in [-0.39, 0.29) is 0 Å². The second-order valence-corrected chi connectivity index (χ2v) is 13.8. The third-order valence-electron chi connectivity index (χ3n) is 10.9. The summed E-state index contributed by atoms with van der Waals surface area (Å²) in [5.74, 6) is 0. The van der Waals surface area contributed by atoms with Gasteiger partial charge in [0.05, 0.1) is 0 Å². The molecule has 0 saturated carbocycles. The number of thiophene rings is 1. The largest absolute Gasteiger partial charge is 0.135 e. The topological polar surface area (TPSA) is 0 Å². The Bertz CT molecular complexity index is 2470. The first kappa shape index (κ1) is 20.4. The first-order valence-corrected chi connectivity index (χ1v) is 15.7. The van der Waals surface area contributed by atoms with Crippen molar-refractivity contribution in [3.63, 3.8) is 0 Å². The fourth-order valence-electron chi connectivity index (χ4n) is 9.33. The summed E-state index contributed by atoms with van der Waals surface area (Å²) >= 11 is 1.96. The zero-order chi connectivity index (χ0) is 26.1. The zero-order valence-corrected chi connectivity index (χ0v) is 23.1. The van der Waals surface area contributed by atoms with Crippen LogP contribution < -0.4 is 0 Å². The monoisotopic (exact) mass is 534 g/mol. The van der Waals surface area contributed by atoms with Crippen molar-refractivity contribution < 1.29 is 0 Å². The Labute approximate surface area is 241 Å². The van der Waals surface area contributed by atoms with Gasteiger partial charge in [-0.05, 0) is 138 Å². The smallest absolute Gasteiger partial charge is 0.0433 e. The van der Waals surface area contributed by atoms with Crippen LogP contribution in [0.15, 0.2) is 84.9 Å². The third kappa shape index (κ3) is 2.18. The van der Waals surface area contributed by atoms with Gasteiger partial charge in [-0.2, -0.15) is 0 Å². The van der Waals surface area contributed by atoms with E-state index < -0.39 is 0 Å². The van der Waals surface area contributed by atoms with E-state index in [4.69, 9.17) is 0 Å². The van der Waals surface area contributed by atoms with Crippen molar-refractivity contribution in [2.24, 2.45) is 0 Å². The summed E-state index contributed by atoms with van der Waals surface area (Å²) in [7, 11) is 0. The lowest BCUT2D eigenvalue weighted by Crippen LogP contribution is -1.98. The Morgan fingerprint density at radius 2 is 0.902 bits per heavy atom. The summed E-state index contributed by atoms with van der Waals surface area (Å²) in [4.78, 5) is 0. The van der Waals surface area contributed by atoms with E-state index in [0.29, 0.717) is 0 Å². The molecule has 0 saturated heterocycles. The predicted octanol–water partition coefficient (Wildman–Crippen LogP) is 10.3. The summed E-state index contributed by atoms with van der Waals surface area (Å²) in [6.45, 7) is 0. The molecule has 1 heterocycles. The quantitative estimate of drug-likeness (QED) is 0.196. The summed E-state index contributed by atoms with van der Waals surface area (Å²) < 4.78 is 2.81. The van der Waals surface area contributed by atoms with Crippen molar-refractivity contribution in [3.8, 4) is 55.6 Å². The zero-order valence-electron chi connectivity index (χ0n) is 22.3. The summed E-state index contributed by atoms with van der Waals surface area (Å²) in [6.07, 6.45) is 4.19. The number of benzene rings is 6. The van der Waals surface area contributed by atoms with Crippen LogP contribution >= 0.6 is 11.3 Å². The van der Waals surface area contributed by atoms with Crippen LogP contribution in [0.25, 0.3) is 75.8 Å². The molecule has 0 fully saturated rings. The fraction of sp³-hybridized carbons (Fsp3) is 0.100. The highest BCUT2D eigenvalue weighted by Gasteiger charge is 2.42. The van der Waals surface area contributed by atoms with Gasteiger partial charge in [0.25, 0.3) is 0 Å². The maximum absolute atomic E-state index is 2.60. The molecule has 1 aromatic heterocycles. The van der Waals surface area contributed by atoms with Crippen LogP contribution in [0.2, 0.25) is 0 Å². The molecule has 188 valence electrons. The van der Waals surface area contributed by atoms with Gasteiger partial charge < -0.3 is 0 Å². The van der Waals surface area contributed by atoms with Gasteiger partial charge in [0.15, 0.2) is 0 Å². The van der Waals surface area contributed by atoms with E-state index in [9.17, 15) is 0 Å². The van der Waals surface area contributed by atoms with Crippen LogP contribution in [0.4, 0.5) is 0 Å². The van der Waals surface area contributed by atoms with Gasteiger partial charge in [-0.15, -0.1) is 11.3 Å². The minimum Gasteiger partial charge on any atom is -0.135 e. The Morgan fingerprint density at radius 3 is 1.56 bits per heavy atom. The molecule has 1 heteroatoms. The highest BCUT2D eigenvalue weighted by molar-refractivity contribution is 7.26. The summed E-state index contributed by atoms with van der Waals surface area (Å²) in [6, 6.07) is 33.2. The van der Waals surface area contributed by atoms with Crippen molar-refractivity contribution in [3.05, 3.63) is 129 Å². The maximum atomic E-state index is 2.60. The number of fused-ring (bicyclic) bond motifs is 3. The minimum absolute atomic E-state index is 1.02. The SMILES string of the molecule is c1ccc2c(c1)sc1c(-c3cc4c5c6c3Cc3ccc7c(c3-6)-c3c(ccc6c3-c3c(ccc(c3-5)C4)C6)C7)cccc12. The maximum Gasteiger partial charge on any atom is 0.0433 e. The Morgan fingerprint density at radius 1 is 0.390 bits per heavy atom. The van der Waals surface area contributed by atoms with Crippen molar-refractivity contribution in [2.75, 3.05) is 0 Å². The van der Waals surface area contributed by atoms with E-state index in [2.05, 4.69) is 84.9 Å². The number of hydrogen-bond acceptors (Lipinski definition) is 1. The van der Waals surface area contributed by atoms with Gasteiger partial charge in [0.1, 0.15) is 0 Å². The molecule has 6 aromatic carbocycles.